The van der Waals surface area contributed by atoms with Gasteiger partial charge in [-0.2, -0.15) is 0 Å². The van der Waals surface area contributed by atoms with Crippen molar-refractivity contribution in [2.24, 2.45) is 7.05 Å². The number of nitrogens with zero attached hydrogens (tertiary/aromatic N) is 2. The van der Waals surface area contributed by atoms with Crippen molar-refractivity contribution in [3.05, 3.63) is 66.0 Å². The first-order valence-electron chi connectivity index (χ1n) is 12.5. The van der Waals surface area contributed by atoms with Gasteiger partial charge in [0.2, 0.25) is 0 Å². The lowest BCUT2D eigenvalue weighted by Crippen LogP contribution is -2.43. The molecule has 10 nitrogen and oxygen atoms in total. The molecule has 0 saturated heterocycles. The first kappa shape index (κ1) is 26.6. The molecule has 0 saturated carbocycles. The maximum Gasteiger partial charge on any atom is 0.407 e. The Morgan fingerprint density at radius 1 is 0.947 bits per heavy atom. The molecule has 2 aromatic carbocycles. The smallest absolute Gasteiger partial charge is 0.407 e. The van der Waals surface area contributed by atoms with Crippen LogP contribution in [0, 0.1) is 6.92 Å². The number of hydrogen-bond donors (Lipinski definition) is 4. The Morgan fingerprint density at radius 2 is 1.71 bits per heavy atom. The molecule has 0 bridgehead atoms. The molecule has 4 N–H and O–H groups in total. The zero-order valence-electron chi connectivity index (χ0n) is 22.3. The number of carbonyl (C=O) groups is 3. The molecule has 0 spiro atoms. The van der Waals surface area contributed by atoms with Crippen LogP contribution in [0.15, 0.2) is 54.9 Å². The number of amides is 4. The molecule has 0 aliphatic carbocycles. The summed E-state index contributed by atoms with van der Waals surface area (Å²) in [6.45, 7) is 8.51. The van der Waals surface area contributed by atoms with Gasteiger partial charge in [0.15, 0.2) is 0 Å². The van der Waals surface area contributed by atoms with E-state index in [4.69, 9.17) is 4.74 Å². The van der Waals surface area contributed by atoms with Crippen LogP contribution < -0.4 is 21.5 Å². The lowest BCUT2D eigenvalue weighted by atomic mass is 10.1. The van der Waals surface area contributed by atoms with E-state index in [1.807, 2.05) is 92.5 Å². The van der Waals surface area contributed by atoms with E-state index in [1.54, 1.807) is 6.20 Å². The first-order valence-corrected chi connectivity index (χ1v) is 12.5. The van der Waals surface area contributed by atoms with Gasteiger partial charge in [0.25, 0.3) is 5.91 Å². The number of aryl methyl sites for hydroxylation is 3. The van der Waals surface area contributed by atoms with Gasteiger partial charge in [0.1, 0.15) is 5.60 Å². The Balaban J connectivity index is 1.38. The van der Waals surface area contributed by atoms with Crippen molar-refractivity contribution in [1.29, 1.82) is 0 Å². The minimum Gasteiger partial charge on any atom is -0.444 e. The monoisotopic (exact) mass is 518 g/mol. The van der Waals surface area contributed by atoms with Gasteiger partial charge in [-0.1, -0.05) is 29.8 Å². The van der Waals surface area contributed by atoms with Gasteiger partial charge < -0.3 is 24.5 Å². The van der Waals surface area contributed by atoms with Crippen LogP contribution in [0.1, 0.15) is 43.1 Å². The summed E-state index contributed by atoms with van der Waals surface area (Å²) in [5.74, 6) is -0.410. The van der Waals surface area contributed by atoms with Crippen molar-refractivity contribution in [2.75, 3.05) is 11.9 Å². The predicted molar refractivity (Wildman–Crippen MR) is 148 cm³/mol. The van der Waals surface area contributed by atoms with Crippen LogP contribution in [0.5, 0.6) is 0 Å². The minimum atomic E-state index is -0.564. The zero-order chi connectivity index (χ0) is 27.4. The average molecular weight is 519 g/mol. The highest BCUT2D eigenvalue weighted by atomic mass is 16.6. The van der Waals surface area contributed by atoms with Crippen LogP contribution in [0.2, 0.25) is 0 Å². The molecule has 0 fully saturated rings. The molecule has 200 valence electrons. The summed E-state index contributed by atoms with van der Waals surface area (Å²) in [6.07, 6.45) is 3.80. The number of benzene rings is 2. The Bertz CT molecular complexity index is 1490. The van der Waals surface area contributed by atoms with Gasteiger partial charge in [0, 0.05) is 48.8 Å². The van der Waals surface area contributed by atoms with Crippen LogP contribution in [0.4, 0.5) is 15.3 Å². The number of ether oxygens (including phenoxy) is 1. The average Bonchev–Trinajstić information content (AvgIpc) is 3.36. The van der Waals surface area contributed by atoms with Gasteiger partial charge >= 0.3 is 12.1 Å². The number of nitrogens with one attached hydrogen (secondary N) is 4. The molecule has 2 aromatic heterocycles. The quantitative estimate of drug-likeness (QED) is 0.216. The number of fused-ring (bicyclic) bond motifs is 2. The summed E-state index contributed by atoms with van der Waals surface area (Å²) in [4.78, 5) is 37.3. The van der Waals surface area contributed by atoms with Crippen molar-refractivity contribution in [3.63, 3.8) is 0 Å². The Labute approximate surface area is 221 Å². The summed E-state index contributed by atoms with van der Waals surface area (Å²) in [7, 11) is 1.87. The highest BCUT2D eigenvalue weighted by molar-refractivity contribution is 6.08. The van der Waals surface area contributed by atoms with Crippen molar-refractivity contribution < 1.29 is 19.1 Å². The third kappa shape index (κ3) is 6.26. The number of hydrogen-bond acceptors (Lipinski definition) is 4. The second-order valence-corrected chi connectivity index (χ2v) is 10.2. The van der Waals surface area contributed by atoms with Gasteiger partial charge in [-0.3, -0.25) is 10.2 Å². The van der Waals surface area contributed by atoms with Crippen LogP contribution in [-0.4, -0.2) is 39.3 Å². The number of para-hydroxylation sites is 1. The summed E-state index contributed by atoms with van der Waals surface area (Å²) < 4.78 is 9.16. The summed E-state index contributed by atoms with van der Waals surface area (Å²) in [5.41, 5.74) is 8.38. The predicted octanol–water partition coefficient (Wildman–Crippen LogP) is 4.82. The van der Waals surface area contributed by atoms with E-state index in [0.29, 0.717) is 30.8 Å². The summed E-state index contributed by atoms with van der Waals surface area (Å²) in [5, 5.41) is 7.27. The van der Waals surface area contributed by atoms with E-state index < -0.39 is 23.6 Å². The highest BCUT2D eigenvalue weighted by Gasteiger charge is 2.17. The fourth-order valence-corrected chi connectivity index (χ4v) is 4.31. The van der Waals surface area contributed by atoms with E-state index in [2.05, 4.69) is 21.5 Å². The normalized spacial score (nSPS) is 11.4. The van der Waals surface area contributed by atoms with Gasteiger partial charge in [0.05, 0.1) is 16.8 Å². The number of urea groups is 1. The molecule has 0 aliphatic rings. The van der Waals surface area contributed by atoms with Gasteiger partial charge in [-0.15, -0.1) is 0 Å². The second kappa shape index (κ2) is 10.9. The standard InChI is InChI=1S/C28H34N6O4/c1-18-11-12-24-20(15-18)22(17-34(24)14-8-13-29-27(37)38-28(2,3)4)30-26(36)32-31-25(35)21-16-33(5)23-10-7-6-9-19(21)23/h6-7,9-12,15-17H,8,13-14H2,1-5H3,(H,29,37)(H,31,35)(H2,30,32,36). The third-order valence-corrected chi connectivity index (χ3v) is 5.96. The molecule has 0 atom stereocenters. The molecule has 4 rings (SSSR count). The summed E-state index contributed by atoms with van der Waals surface area (Å²) in [6, 6.07) is 13.0. The van der Waals surface area contributed by atoms with E-state index in [9.17, 15) is 14.4 Å². The lowest BCUT2D eigenvalue weighted by Gasteiger charge is -2.19. The number of alkyl carbamates (subject to hydrolysis) is 1. The van der Waals surface area contributed by atoms with E-state index in [-0.39, 0.29) is 0 Å². The Kier molecular flexibility index (Phi) is 7.61. The molecular weight excluding hydrogens is 484 g/mol. The van der Waals surface area contributed by atoms with Crippen LogP contribution >= 0.6 is 0 Å². The SMILES string of the molecule is Cc1ccc2c(c1)c(NC(=O)NNC(=O)c1cn(C)c3ccccc13)cn2CCCNC(=O)OC(C)(C)C. The fraction of sp³-hybridized carbons (Fsp3) is 0.321. The van der Waals surface area contributed by atoms with E-state index in [1.165, 1.54) is 0 Å². The molecule has 4 aromatic rings. The van der Waals surface area contributed by atoms with Gasteiger partial charge in [-0.05, 0) is 52.3 Å². The maximum absolute atomic E-state index is 12.8. The molecule has 38 heavy (non-hydrogen) atoms. The lowest BCUT2D eigenvalue weighted by molar-refractivity contribution is 0.0526. The number of carbonyl (C=O) groups excluding carboxylic acids is 3. The molecular formula is C28H34N6O4. The van der Waals surface area contributed by atoms with Gasteiger partial charge in [-0.25, -0.2) is 15.0 Å². The van der Waals surface area contributed by atoms with Crippen LogP contribution in [-0.2, 0) is 18.3 Å². The Morgan fingerprint density at radius 3 is 2.47 bits per heavy atom. The minimum absolute atomic E-state index is 0.410. The zero-order valence-corrected chi connectivity index (χ0v) is 22.3. The molecule has 0 aliphatic heterocycles. The highest BCUT2D eigenvalue weighted by Crippen LogP contribution is 2.27. The van der Waals surface area contributed by atoms with Crippen LogP contribution in [0.25, 0.3) is 21.8 Å². The van der Waals surface area contributed by atoms with Crippen molar-refractivity contribution in [1.82, 2.24) is 25.3 Å². The molecule has 0 radical (unpaired) electrons. The number of rotatable bonds is 6. The molecule has 0 unspecified atom stereocenters. The van der Waals surface area contributed by atoms with Crippen molar-refractivity contribution in [2.45, 2.75) is 46.3 Å². The van der Waals surface area contributed by atoms with E-state index in [0.717, 1.165) is 27.4 Å². The fourth-order valence-electron chi connectivity index (χ4n) is 4.31. The largest absolute Gasteiger partial charge is 0.444 e. The van der Waals surface area contributed by atoms with Crippen molar-refractivity contribution in [3.8, 4) is 0 Å². The van der Waals surface area contributed by atoms with Crippen molar-refractivity contribution >= 4 is 45.5 Å². The first-order chi connectivity index (χ1) is 18.0. The maximum atomic E-state index is 12.8. The van der Waals surface area contributed by atoms with Crippen LogP contribution in [0.3, 0.4) is 0 Å². The molecule has 10 heteroatoms. The number of aromatic nitrogens is 2. The third-order valence-electron chi connectivity index (χ3n) is 5.96. The summed E-state index contributed by atoms with van der Waals surface area (Å²) >= 11 is 0. The molecule has 2 heterocycles. The Hall–Kier alpha value is -4.47. The topological polar surface area (TPSA) is 118 Å². The van der Waals surface area contributed by atoms with E-state index >= 15 is 0 Å². The molecule has 4 amide bonds. The number of anilines is 1. The second-order valence-electron chi connectivity index (χ2n) is 10.2. The number of hydrazine groups is 1.